The first-order valence-electron chi connectivity index (χ1n) is 9.84. The van der Waals surface area contributed by atoms with Gasteiger partial charge in [-0.05, 0) is 79.7 Å². The summed E-state index contributed by atoms with van der Waals surface area (Å²) >= 11 is 0. The van der Waals surface area contributed by atoms with E-state index in [1.54, 1.807) is 12.1 Å². The van der Waals surface area contributed by atoms with Gasteiger partial charge in [-0.2, -0.15) is 0 Å². The van der Waals surface area contributed by atoms with Gasteiger partial charge in [-0.15, -0.1) is 5.10 Å². The summed E-state index contributed by atoms with van der Waals surface area (Å²) in [6.45, 7) is 2.26. The van der Waals surface area contributed by atoms with Crippen molar-refractivity contribution < 1.29 is 27.4 Å². The van der Waals surface area contributed by atoms with Crippen molar-refractivity contribution in [2.45, 2.75) is 16.8 Å². The molecular formula is C23H18FN3O5S. The summed E-state index contributed by atoms with van der Waals surface area (Å²) < 4.78 is 47.1. The maximum Gasteiger partial charge on any atom is 0.335 e. The summed E-state index contributed by atoms with van der Waals surface area (Å²) in [5.74, 6) is -1.06. The molecule has 1 heterocycles. The average molecular weight is 467 g/mol. The van der Waals surface area contributed by atoms with E-state index in [9.17, 15) is 17.6 Å². The fourth-order valence-electron chi connectivity index (χ4n) is 3.22. The van der Waals surface area contributed by atoms with E-state index >= 15 is 0 Å². The second kappa shape index (κ2) is 8.83. The first-order chi connectivity index (χ1) is 15.8. The van der Waals surface area contributed by atoms with E-state index in [0.29, 0.717) is 23.6 Å². The first kappa shape index (κ1) is 22.2. The summed E-state index contributed by atoms with van der Waals surface area (Å²) in [6.07, 6.45) is 0. The Morgan fingerprint density at radius 1 is 1.00 bits per heavy atom. The van der Waals surface area contributed by atoms with Crippen LogP contribution < -0.4 is 4.74 Å². The molecule has 0 radical (unpaired) electrons. The van der Waals surface area contributed by atoms with Crippen molar-refractivity contribution in [2.24, 2.45) is 0 Å². The Morgan fingerprint density at radius 2 is 1.64 bits per heavy atom. The molecule has 4 rings (SSSR count). The van der Waals surface area contributed by atoms with E-state index in [4.69, 9.17) is 9.84 Å². The third kappa shape index (κ3) is 4.33. The van der Waals surface area contributed by atoms with Gasteiger partial charge in [0.15, 0.2) is 0 Å². The van der Waals surface area contributed by atoms with Crippen LogP contribution in [0.25, 0.3) is 16.9 Å². The highest BCUT2D eigenvalue weighted by Crippen LogP contribution is 2.32. The Bertz CT molecular complexity index is 1400. The Hall–Kier alpha value is -4.05. The van der Waals surface area contributed by atoms with E-state index in [1.165, 1.54) is 65.3 Å². The Morgan fingerprint density at radius 3 is 2.21 bits per heavy atom. The number of halogens is 1. The summed E-state index contributed by atoms with van der Waals surface area (Å²) in [7, 11) is -4.11. The average Bonchev–Trinajstić information content (AvgIpc) is 3.26. The number of sulfone groups is 1. The van der Waals surface area contributed by atoms with Crippen LogP contribution in [0, 0.1) is 5.82 Å². The molecule has 0 saturated carbocycles. The van der Waals surface area contributed by atoms with Gasteiger partial charge in [-0.1, -0.05) is 5.21 Å². The fourth-order valence-corrected chi connectivity index (χ4v) is 4.54. The molecule has 8 nitrogen and oxygen atoms in total. The van der Waals surface area contributed by atoms with E-state index in [-0.39, 0.29) is 21.2 Å². The molecule has 0 unspecified atom stereocenters. The van der Waals surface area contributed by atoms with E-state index in [0.717, 1.165) is 0 Å². The molecular weight excluding hydrogens is 449 g/mol. The number of nitrogens with zero attached hydrogens (tertiary/aromatic N) is 3. The molecule has 0 saturated heterocycles. The van der Waals surface area contributed by atoms with Gasteiger partial charge in [0.25, 0.3) is 0 Å². The lowest BCUT2D eigenvalue weighted by molar-refractivity contribution is 0.0697. The Labute approximate surface area is 188 Å². The zero-order valence-corrected chi connectivity index (χ0v) is 18.2. The third-order valence-corrected chi connectivity index (χ3v) is 6.49. The van der Waals surface area contributed by atoms with Crippen molar-refractivity contribution in [3.8, 4) is 22.7 Å². The molecule has 0 aliphatic carbocycles. The van der Waals surface area contributed by atoms with Crippen molar-refractivity contribution in [3.05, 3.63) is 84.2 Å². The number of carboxylic acids is 1. The second-order valence-corrected chi connectivity index (χ2v) is 8.79. The molecule has 0 aliphatic heterocycles. The fraction of sp³-hybridized carbons (Fsp3) is 0.0870. The van der Waals surface area contributed by atoms with Gasteiger partial charge in [0.05, 0.1) is 22.8 Å². The van der Waals surface area contributed by atoms with Crippen LogP contribution in [0.3, 0.4) is 0 Å². The molecule has 33 heavy (non-hydrogen) atoms. The minimum absolute atomic E-state index is 0.0115. The number of rotatable bonds is 7. The summed E-state index contributed by atoms with van der Waals surface area (Å²) in [6, 6.07) is 16.9. The summed E-state index contributed by atoms with van der Waals surface area (Å²) in [4.78, 5) is 11.2. The molecule has 0 fully saturated rings. The highest BCUT2D eigenvalue weighted by molar-refractivity contribution is 7.91. The van der Waals surface area contributed by atoms with Gasteiger partial charge in [0.1, 0.15) is 17.3 Å². The quantitative estimate of drug-likeness (QED) is 0.437. The van der Waals surface area contributed by atoms with Crippen molar-refractivity contribution in [1.29, 1.82) is 0 Å². The normalized spacial score (nSPS) is 11.3. The molecule has 10 heteroatoms. The van der Waals surface area contributed by atoms with Gasteiger partial charge in [0, 0.05) is 5.56 Å². The van der Waals surface area contributed by atoms with Crippen molar-refractivity contribution in [1.82, 2.24) is 15.0 Å². The topological polar surface area (TPSA) is 111 Å². The van der Waals surface area contributed by atoms with Gasteiger partial charge >= 0.3 is 5.97 Å². The Balaban J connectivity index is 1.88. The van der Waals surface area contributed by atoms with E-state index in [1.807, 2.05) is 6.92 Å². The molecule has 0 atom stereocenters. The highest BCUT2D eigenvalue weighted by atomic mass is 32.2. The van der Waals surface area contributed by atoms with Crippen molar-refractivity contribution in [2.75, 3.05) is 6.61 Å². The molecule has 0 amide bonds. The number of aromatic nitrogens is 3. The Kier molecular flexibility index (Phi) is 5.93. The zero-order valence-electron chi connectivity index (χ0n) is 17.3. The minimum Gasteiger partial charge on any atom is -0.494 e. The molecule has 1 N–H and O–H groups in total. The van der Waals surface area contributed by atoms with Crippen LogP contribution in [0.15, 0.2) is 82.7 Å². The molecule has 168 valence electrons. The van der Waals surface area contributed by atoms with Gasteiger partial charge < -0.3 is 9.84 Å². The molecule has 0 bridgehead atoms. The number of hydrogen-bond donors (Lipinski definition) is 1. The van der Waals surface area contributed by atoms with Crippen LogP contribution in [0.5, 0.6) is 5.75 Å². The van der Waals surface area contributed by atoms with Crippen LogP contribution in [-0.2, 0) is 9.84 Å². The first-order valence-corrected chi connectivity index (χ1v) is 11.3. The van der Waals surface area contributed by atoms with Gasteiger partial charge in [-0.25, -0.2) is 22.3 Å². The van der Waals surface area contributed by atoms with Crippen LogP contribution in [0.4, 0.5) is 4.39 Å². The summed E-state index contributed by atoms with van der Waals surface area (Å²) in [5, 5.41) is 16.8. The molecule has 0 aliphatic rings. The van der Waals surface area contributed by atoms with Crippen molar-refractivity contribution >= 4 is 15.8 Å². The van der Waals surface area contributed by atoms with Crippen LogP contribution in [0.1, 0.15) is 17.3 Å². The predicted molar refractivity (Wildman–Crippen MR) is 117 cm³/mol. The van der Waals surface area contributed by atoms with Gasteiger partial charge in [-0.3, -0.25) is 0 Å². The van der Waals surface area contributed by atoms with Crippen LogP contribution >= 0.6 is 0 Å². The van der Waals surface area contributed by atoms with E-state index < -0.39 is 21.6 Å². The lowest BCUT2D eigenvalue weighted by Crippen LogP contribution is -2.06. The second-order valence-electron chi connectivity index (χ2n) is 6.92. The SMILES string of the molecule is CCOc1ccc(S(=O)(=O)c2nnn(-c3ccc(C(=O)O)cc3)c2-c2ccc(F)cc2)cc1. The smallest absolute Gasteiger partial charge is 0.335 e. The lowest BCUT2D eigenvalue weighted by atomic mass is 10.1. The number of hydrogen-bond acceptors (Lipinski definition) is 6. The van der Waals surface area contributed by atoms with Crippen LogP contribution in [0.2, 0.25) is 0 Å². The minimum atomic E-state index is -4.11. The largest absolute Gasteiger partial charge is 0.494 e. The monoisotopic (exact) mass is 467 g/mol. The number of carbonyl (C=O) groups is 1. The van der Waals surface area contributed by atoms with Crippen LogP contribution in [-0.4, -0.2) is 41.1 Å². The maximum absolute atomic E-state index is 13.5. The van der Waals surface area contributed by atoms with Gasteiger partial charge in [0.2, 0.25) is 14.9 Å². The lowest BCUT2D eigenvalue weighted by Gasteiger charge is -2.10. The number of aromatic carboxylic acids is 1. The molecule has 3 aromatic carbocycles. The number of carboxylic acid groups (broad SMARTS) is 1. The molecule has 0 spiro atoms. The zero-order chi connectivity index (χ0) is 23.6. The maximum atomic E-state index is 13.5. The number of ether oxygens (including phenoxy) is 1. The highest BCUT2D eigenvalue weighted by Gasteiger charge is 2.29. The summed E-state index contributed by atoms with van der Waals surface area (Å²) in [5.41, 5.74) is 0.935. The molecule has 1 aromatic heterocycles. The van der Waals surface area contributed by atoms with Crippen molar-refractivity contribution in [3.63, 3.8) is 0 Å². The third-order valence-electron chi connectivity index (χ3n) is 4.82. The van der Waals surface area contributed by atoms with E-state index in [2.05, 4.69) is 10.3 Å². The standard InChI is InChI=1S/C23H18FN3O5S/c1-2-32-19-11-13-20(14-12-19)33(30,31)22-21(15-3-7-17(24)8-4-15)27(26-25-22)18-9-5-16(6-10-18)23(28)29/h3-14H,2H2,1H3,(H,28,29). The predicted octanol–water partition coefficient (Wildman–Crippen LogP) is 4.00. The molecule has 4 aromatic rings. The number of benzene rings is 3.